The SMILES string of the molecule is O=C(N1CCN(CCCc2c[nH]c3ccc(-n4cnnc4)cc23)CC1)C1(c2ccccc2)CCCC1. The van der Waals surface area contributed by atoms with Crippen LogP contribution in [-0.2, 0) is 16.6 Å². The van der Waals surface area contributed by atoms with Gasteiger partial charge in [-0.15, -0.1) is 10.2 Å². The molecule has 7 heteroatoms. The number of carbonyl (C=O) groups excluding carboxylic acids is 1. The maximum Gasteiger partial charge on any atom is 0.233 e. The highest BCUT2D eigenvalue weighted by molar-refractivity contribution is 5.89. The van der Waals surface area contributed by atoms with E-state index in [9.17, 15) is 4.79 Å². The average Bonchev–Trinajstić information content (AvgIpc) is 3.71. The number of aromatic amines is 1. The molecule has 36 heavy (non-hydrogen) atoms. The van der Waals surface area contributed by atoms with Gasteiger partial charge in [0.25, 0.3) is 0 Å². The number of piperazine rings is 1. The van der Waals surface area contributed by atoms with Crippen molar-refractivity contribution < 1.29 is 4.79 Å². The van der Waals surface area contributed by atoms with E-state index in [4.69, 9.17) is 0 Å². The molecular weight excluding hydrogens is 448 g/mol. The summed E-state index contributed by atoms with van der Waals surface area (Å²) in [6.45, 7) is 4.65. The minimum absolute atomic E-state index is 0.301. The zero-order valence-corrected chi connectivity index (χ0v) is 20.8. The van der Waals surface area contributed by atoms with Crippen molar-refractivity contribution in [3.05, 3.63) is 78.5 Å². The number of benzene rings is 2. The number of nitrogens with one attached hydrogen (secondary N) is 1. The van der Waals surface area contributed by atoms with Gasteiger partial charge in [-0.3, -0.25) is 14.3 Å². The molecule has 0 atom stereocenters. The number of H-pyrrole nitrogens is 1. The van der Waals surface area contributed by atoms with Gasteiger partial charge in [0, 0.05) is 49.0 Å². The molecule has 2 aromatic heterocycles. The van der Waals surface area contributed by atoms with Crippen molar-refractivity contribution in [3.63, 3.8) is 0 Å². The number of hydrogen-bond donors (Lipinski definition) is 1. The highest BCUT2D eigenvalue weighted by atomic mass is 16.2. The molecule has 1 amide bonds. The Morgan fingerprint density at radius 1 is 0.944 bits per heavy atom. The minimum Gasteiger partial charge on any atom is -0.361 e. The highest BCUT2D eigenvalue weighted by Crippen LogP contribution is 2.42. The third-order valence-corrected chi connectivity index (χ3v) is 8.24. The lowest BCUT2D eigenvalue weighted by molar-refractivity contribution is -0.139. The fraction of sp³-hybridized carbons (Fsp3) is 0.414. The Hall–Kier alpha value is -3.45. The van der Waals surface area contributed by atoms with Crippen molar-refractivity contribution in [2.45, 2.75) is 43.9 Å². The molecule has 7 nitrogen and oxygen atoms in total. The van der Waals surface area contributed by atoms with Gasteiger partial charge in [0.05, 0.1) is 5.41 Å². The fourth-order valence-electron chi connectivity index (χ4n) is 6.20. The Bertz CT molecular complexity index is 1300. The third-order valence-electron chi connectivity index (χ3n) is 8.24. The van der Waals surface area contributed by atoms with Gasteiger partial charge < -0.3 is 9.88 Å². The largest absolute Gasteiger partial charge is 0.361 e. The molecule has 1 saturated carbocycles. The summed E-state index contributed by atoms with van der Waals surface area (Å²) in [7, 11) is 0. The van der Waals surface area contributed by atoms with E-state index < -0.39 is 0 Å². The van der Waals surface area contributed by atoms with Crippen molar-refractivity contribution >= 4 is 16.8 Å². The molecule has 1 aliphatic heterocycles. The first-order chi connectivity index (χ1) is 17.7. The van der Waals surface area contributed by atoms with Crippen LogP contribution in [0.4, 0.5) is 0 Å². The predicted molar refractivity (Wildman–Crippen MR) is 141 cm³/mol. The summed E-state index contributed by atoms with van der Waals surface area (Å²) in [4.78, 5) is 21.8. The molecule has 0 unspecified atom stereocenters. The van der Waals surface area contributed by atoms with Crippen LogP contribution in [0.2, 0.25) is 0 Å². The number of aromatic nitrogens is 4. The second-order valence-corrected chi connectivity index (χ2v) is 10.3. The Morgan fingerprint density at radius 2 is 1.69 bits per heavy atom. The summed E-state index contributed by atoms with van der Waals surface area (Å²) >= 11 is 0. The number of nitrogens with zero attached hydrogens (tertiary/aromatic N) is 5. The summed E-state index contributed by atoms with van der Waals surface area (Å²) < 4.78 is 1.94. The van der Waals surface area contributed by atoms with E-state index in [-0.39, 0.29) is 5.41 Å². The van der Waals surface area contributed by atoms with Crippen LogP contribution in [0.15, 0.2) is 67.4 Å². The van der Waals surface area contributed by atoms with Crippen LogP contribution < -0.4 is 0 Å². The van der Waals surface area contributed by atoms with E-state index in [0.29, 0.717) is 5.91 Å². The minimum atomic E-state index is -0.301. The van der Waals surface area contributed by atoms with Gasteiger partial charge in [0.15, 0.2) is 0 Å². The van der Waals surface area contributed by atoms with Crippen LogP contribution in [0.3, 0.4) is 0 Å². The van der Waals surface area contributed by atoms with Crippen LogP contribution in [0, 0.1) is 0 Å². The molecule has 2 aliphatic rings. The first-order valence-corrected chi connectivity index (χ1v) is 13.3. The quantitative estimate of drug-likeness (QED) is 0.426. The van der Waals surface area contributed by atoms with Crippen molar-refractivity contribution in [2.75, 3.05) is 32.7 Å². The topological polar surface area (TPSA) is 70.1 Å². The molecule has 2 fully saturated rings. The normalized spacial score (nSPS) is 18.2. The lowest BCUT2D eigenvalue weighted by Gasteiger charge is -2.40. The van der Waals surface area contributed by atoms with Gasteiger partial charge in [-0.1, -0.05) is 43.2 Å². The van der Waals surface area contributed by atoms with Crippen LogP contribution in [0.1, 0.15) is 43.2 Å². The van der Waals surface area contributed by atoms with Gasteiger partial charge in [-0.25, -0.2) is 0 Å². The number of aryl methyl sites for hydroxylation is 1. The molecule has 0 bridgehead atoms. The first-order valence-electron chi connectivity index (χ1n) is 13.3. The molecule has 2 aromatic carbocycles. The van der Waals surface area contributed by atoms with Crippen molar-refractivity contribution in [3.8, 4) is 5.69 Å². The second kappa shape index (κ2) is 9.90. The number of carbonyl (C=O) groups is 1. The summed E-state index contributed by atoms with van der Waals surface area (Å²) in [5.41, 5.74) is 4.49. The molecule has 4 aromatic rings. The van der Waals surface area contributed by atoms with Gasteiger partial charge >= 0.3 is 0 Å². The molecule has 0 spiro atoms. The highest BCUT2D eigenvalue weighted by Gasteiger charge is 2.45. The van der Waals surface area contributed by atoms with E-state index in [1.54, 1.807) is 12.7 Å². The maximum atomic E-state index is 13.7. The van der Waals surface area contributed by atoms with E-state index in [2.05, 4.69) is 73.6 Å². The summed E-state index contributed by atoms with van der Waals surface area (Å²) in [5.74, 6) is 0.355. The molecule has 1 N–H and O–H groups in total. The zero-order valence-electron chi connectivity index (χ0n) is 20.8. The van der Waals surface area contributed by atoms with Gasteiger partial charge in [0.2, 0.25) is 5.91 Å². The van der Waals surface area contributed by atoms with Gasteiger partial charge in [0.1, 0.15) is 12.7 Å². The molecule has 3 heterocycles. The van der Waals surface area contributed by atoms with E-state index in [1.807, 2.05) is 10.6 Å². The summed E-state index contributed by atoms with van der Waals surface area (Å²) in [6.07, 6.45) is 12.0. The second-order valence-electron chi connectivity index (χ2n) is 10.3. The first kappa shape index (κ1) is 23.0. The van der Waals surface area contributed by atoms with Crippen molar-refractivity contribution in [2.24, 2.45) is 0 Å². The number of hydrogen-bond acceptors (Lipinski definition) is 4. The molecule has 1 saturated heterocycles. The lowest BCUT2D eigenvalue weighted by Crippen LogP contribution is -2.54. The third kappa shape index (κ3) is 4.32. The van der Waals surface area contributed by atoms with Crippen molar-refractivity contribution in [1.82, 2.24) is 29.5 Å². The molecular formula is C29H34N6O. The Balaban J connectivity index is 1.04. The van der Waals surface area contributed by atoms with Crippen LogP contribution >= 0.6 is 0 Å². The monoisotopic (exact) mass is 482 g/mol. The van der Waals surface area contributed by atoms with E-state index >= 15 is 0 Å². The Labute approximate surface area is 212 Å². The lowest BCUT2D eigenvalue weighted by atomic mass is 9.77. The molecule has 6 rings (SSSR count). The van der Waals surface area contributed by atoms with Crippen LogP contribution in [-0.4, -0.2) is 68.2 Å². The van der Waals surface area contributed by atoms with Crippen LogP contribution in [0.25, 0.3) is 16.6 Å². The Kier molecular flexibility index (Phi) is 6.32. The fourth-order valence-corrected chi connectivity index (χ4v) is 6.20. The number of amides is 1. The molecule has 0 radical (unpaired) electrons. The smallest absolute Gasteiger partial charge is 0.233 e. The van der Waals surface area contributed by atoms with Gasteiger partial charge in [-0.05, 0) is 61.6 Å². The summed E-state index contributed by atoms with van der Waals surface area (Å²) in [5, 5.41) is 9.11. The maximum absolute atomic E-state index is 13.7. The summed E-state index contributed by atoms with van der Waals surface area (Å²) in [6, 6.07) is 16.9. The van der Waals surface area contributed by atoms with Crippen molar-refractivity contribution in [1.29, 1.82) is 0 Å². The molecule has 186 valence electrons. The standard InChI is InChI=1S/C29H34N6O/c36-28(29(12-4-5-13-29)24-8-2-1-3-9-24)34-17-15-33(16-18-34)14-6-7-23-20-30-27-11-10-25(19-26(23)27)35-21-31-32-22-35/h1-3,8-11,19-22,30H,4-7,12-18H2. The zero-order chi connectivity index (χ0) is 24.4. The number of fused-ring (bicyclic) bond motifs is 1. The number of rotatable bonds is 7. The van der Waals surface area contributed by atoms with Gasteiger partial charge in [-0.2, -0.15) is 0 Å². The molecule has 1 aliphatic carbocycles. The van der Waals surface area contributed by atoms with Crippen LogP contribution in [0.5, 0.6) is 0 Å². The van der Waals surface area contributed by atoms with E-state index in [1.165, 1.54) is 16.5 Å². The Morgan fingerprint density at radius 3 is 2.44 bits per heavy atom. The average molecular weight is 483 g/mol. The van der Waals surface area contributed by atoms with E-state index in [0.717, 1.165) is 82.5 Å². The predicted octanol–water partition coefficient (Wildman–Crippen LogP) is 4.34.